The summed E-state index contributed by atoms with van der Waals surface area (Å²) < 4.78 is 42.7. The zero-order chi connectivity index (χ0) is 21.7. The Morgan fingerprint density at radius 3 is 2.57 bits per heavy atom. The van der Waals surface area contributed by atoms with Crippen LogP contribution in [0.25, 0.3) is 0 Å². The number of hydrogen-bond acceptors (Lipinski definition) is 5. The molecule has 0 aromatic carbocycles. The fourth-order valence-electron chi connectivity index (χ4n) is 4.06. The molecule has 0 spiro atoms. The molecule has 0 unspecified atom stereocenters. The lowest BCUT2D eigenvalue weighted by Crippen LogP contribution is -2.38. The predicted molar refractivity (Wildman–Crippen MR) is 99.3 cm³/mol. The van der Waals surface area contributed by atoms with Gasteiger partial charge in [-0.2, -0.15) is 13.2 Å². The van der Waals surface area contributed by atoms with Gasteiger partial charge in [0.1, 0.15) is 0 Å². The van der Waals surface area contributed by atoms with E-state index < -0.39 is 12.1 Å². The minimum absolute atomic E-state index is 0.208. The van der Waals surface area contributed by atoms with Gasteiger partial charge in [-0.3, -0.25) is 9.69 Å². The van der Waals surface area contributed by atoms with Crippen LogP contribution in [-0.4, -0.2) is 60.9 Å². The molecule has 10 heteroatoms. The van der Waals surface area contributed by atoms with Gasteiger partial charge in [-0.25, -0.2) is 4.79 Å². The summed E-state index contributed by atoms with van der Waals surface area (Å²) in [6, 6.07) is 2.03. The molecule has 1 aromatic heterocycles. The van der Waals surface area contributed by atoms with E-state index >= 15 is 0 Å². The Hall–Kier alpha value is -2.07. The number of rotatable bonds is 6. The van der Waals surface area contributed by atoms with Gasteiger partial charge in [-0.05, 0) is 42.6 Å². The number of halogens is 3. The molecule has 1 aliphatic carbocycles. The van der Waals surface area contributed by atoms with Crippen LogP contribution in [0.2, 0.25) is 0 Å². The molecule has 3 atom stereocenters. The van der Waals surface area contributed by atoms with Crippen LogP contribution in [0.15, 0.2) is 23.0 Å². The first-order valence-electron chi connectivity index (χ1n) is 10.1. The normalized spacial score (nSPS) is 26.4. The quantitative estimate of drug-likeness (QED) is 0.718. The van der Waals surface area contributed by atoms with Gasteiger partial charge in [-0.15, -0.1) is 0 Å². The van der Waals surface area contributed by atoms with Gasteiger partial charge >= 0.3 is 12.1 Å². The molecule has 3 aliphatic rings. The Morgan fingerprint density at radius 2 is 1.97 bits per heavy atom. The van der Waals surface area contributed by atoms with Crippen LogP contribution in [0.4, 0.5) is 13.2 Å². The fourth-order valence-corrected chi connectivity index (χ4v) is 4.06. The largest absolute Gasteiger partial charge is 0.490 e. The first-order valence-corrected chi connectivity index (χ1v) is 10.1. The number of fused-ring (bicyclic) bond motifs is 1. The standard InChI is InChI=1S/C18H26N2O3.C2HF3O2/c21-18(19-6-13-1-2-13)5-15-11-23-12-16-8-20(9-17(15)16)7-14-3-4-22-10-14;3-2(4,5)1(6)7/h3-4,10,13,15-17H,1-2,5-9,11-12H2,(H,19,21);(H,6,7)/t15-,16-,17+;/m1./s1. The molecule has 4 rings (SSSR count). The summed E-state index contributed by atoms with van der Waals surface area (Å²) in [4.78, 5) is 23.5. The summed E-state index contributed by atoms with van der Waals surface area (Å²) in [5, 5.41) is 10.2. The third-order valence-electron chi connectivity index (χ3n) is 5.80. The molecule has 2 saturated heterocycles. The lowest BCUT2D eigenvalue weighted by Gasteiger charge is -2.32. The molecule has 168 valence electrons. The van der Waals surface area contributed by atoms with Crippen LogP contribution in [0.5, 0.6) is 0 Å². The van der Waals surface area contributed by atoms with Crippen LogP contribution in [0.3, 0.4) is 0 Å². The lowest BCUT2D eigenvalue weighted by atomic mass is 9.81. The number of carboxylic acids is 1. The third kappa shape index (κ3) is 6.73. The molecule has 2 N–H and O–H groups in total. The zero-order valence-electron chi connectivity index (χ0n) is 16.6. The van der Waals surface area contributed by atoms with Crippen LogP contribution >= 0.6 is 0 Å². The Bertz CT molecular complexity index is 706. The van der Waals surface area contributed by atoms with Crippen LogP contribution in [0.1, 0.15) is 24.8 Å². The highest BCUT2D eigenvalue weighted by Gasteiger charge is 2.41. The fraction of sp³-hybridized carbons (Fsp3) is 0.700. The second kappa shape index (κ2) is 9.82. The van der Waals surface area contributed by atoms with Gasteiger partial charge in [0.2, 0.25) is 5.91 Å². The van der Waals surface area contributed by atoms with Gasteiger partial charge in [0.05, 0.1) is 25.7 Å². The van der Waals surface area contributed by atoms with Crippen molar-refractivity contribution in [3.63, 3.8) is 0 Å². The van der Waals surface area contributed by atoms with Gasteiger partial charge in [0, 0.05) is 38.2 Å². The van der Waals surface area contributed by atoms with Gasteiger partial charge < -0.3 is 19.6 Å². The number of hydrogen-bond donors (Lipinski definition) is 2. The van der Waals surface area contributed by atoms with Gasteiger partial charge in [-0.1, -0.05) is 0 Å². The highest BCUT2D eigenvalue weighted by atomic mass is 19.4. The van der Waals surface area contributed by atoms with E-state index in [-0.39, 0.29) is 5.91 Å². The number of carbonyl (C=O) groups excluding carboxylic acids is 1. The van der Waals surface area contributed by atoms with Crippen molar-refractivity contribution >= 4 is 11.9 Å². The summed E-state index contributed by atoms with van der Waals surface area (Å²) in [5.74, 6) is -0.292. The van der Waals surface area contributed by atoms with Crippen molar-refractivity contribution in [1.82, 2.24) is 10.2 Å². The van der Waals surface area contributed by atoms with Crippen molar-refractivity contribution in [1.29, 1.82) is 0 Å². The van der Waals surface area contributed by atoms with Crippen LogP contribution in [-0.2, 0) is 20.9 Å². The van der Waals surface area contributed by atoms with Crippen molar-refractivity contribution in [2.75, 3.05) is 32.8 Å². The second-order valence-corrected chi connectivity index (χ2v) is 8.30. The molecule has 30 heavy (non-hydrogen) atoms. The number of carboxylic acid groups (broad SMARTS) is 1. The number of furan rings is 1. The molecule has 1 saturated carbocycles. The minimum atomic E-state index is -5.08. The summed E-state index contributed by atoms with van der Waals surface area (Å²) in [6.45, 7) is 5.51. The number of alkyl halides is 3. The number of nitrogens with one attached hydrogen (secondary N) is 1. The van der Waals surface area contributed by atoms with Crippen molar-refractivity contribution in [2.45, 2.75) is 32.0 Å². The Labute approximate surface area is 172 Å². The number of ether oxygens (including phenoxy) is 1. The predicted octanol–water partition coefficient (Wildman–Crippen LogP) is 2.52. The Balaban J connectivity index is 0.000000318. The summed E-state index contributed by atoms with van der Waals surface area (Å²) in [6.07, 6.45) is 1.64. The molecule has 3 heterocycles. The number of amides is 1. The van der Waals surface area contributed by atoms with Crippen LogP contribution < -0.4 is 5.32 Å². The lowest BCUT2D eigenvalue weighted by molar-refractivity contribution is -0.192. The van der Waals surface area contributed by atoms with Crippen molar-refractivity contribution < 1.29 is 37.0 Å². The number of nitrogens with zero attached hydrogens (tertiary/aromatic N) is 1. The molecular weight excluding hydrogens is 405 g/mol. The molecule has 2 aliphatic heterocycles. The highest BCUT2D eigenvalue weighted by molar-refractivity contribution is 5.76. The first kappa shape index (κ1) is 22.6. The number of carbonyl (C=O) groups is 2. The SMILES string of the molecule is O=C(C[C@@H]1COC[C@H]2CN(Cc3ccoc3)C[C@@H]12)NCC1CC1.O=C(O)C(F)(F)F. The molecule has 0 bridgehead atoms. The average Bonchev–Trinajstić information content (AvgIpc) is 3.18. The summed E-state index contributed by atoms with van der Waals surface area (Å²) in [7, 11) is 0. The van der Waals surface area contributed by atoms with E-state index in [1.807, 2.05) is 12.3 Å². The maximum atomic E-state index is 12.2. The maximum absolute atomic E-state index is 12.2. The van der Waals surface area contributed by atoms with E-state index in [1.54, 1.807) is 6.26 Å². The van der Waals surface area contributed by atoms with Crippen LogP contribution in [0, 0.1) is 23.7 Å². The second-order valence-electron chi connectivity index (χ2n) is 8.30. The summed E-state index contributed by atoms with van der Waals surface area (Å²) in [5.41, 5.74) is 1.23. The Kier molecular flexibility index (Phi) is 7.41. The summed E-state index contributed by atoms with van der Waals surface area (Å²) >= 11 is 0. The van der Waals surface area contributed by atoms with Gasteiger partial charge in [0.15, 0.2) is 0 Å². The first-order chi connectivity index (χ1) is 14.2. The molecular formula is C20H27F3N2O5. The maximum Gasteiger partial charge on any atom is 0.490 e. The smallest absolute Gasteiger partial charge is 0.475 e. The van der Waals surface area contributed by atoms with E-state index in [4.69, 9.17) is 19.1 Å². The topological polar surface area (TPSA) is 92.0 Å². The van der Waals surface area contributed by atoms with Crippen molar-refractivity contribution in [2.24, 2.45) is 23.7 Å². The number of likely N-dealkylation sites (tertiary alicyclic amines) is 1. The molecule has 7 nitrogen and oxygen atoms in total. The monoisotopic (exact) mass is 432 g/mol. The van der Waals surface area contributed by atoms with Crippen molar-refractivity contribution in [3.05, 3.63) is 24.2 Å². The zero-order valence-corrected chi connectivity index (χ0v) is 16.6. The van der Waals surface area contributed by atoms with E-state index in [0.29, 0.717) is 24.2 Å². The molecule has 0 radical (unpaired) electrons. The molecule has 1 aromatic rings. The van der Waals surface area contributed by atoms with E-state index in [0.717, 1.165) is 45.3 Å². The minimum Gasteiger partial charge on any atom is -0.475 e. The van der Waals surface area contributed by atoms with Gasteiger partial charge in [0.25, 0.3) is 0 Å². The molecule has 3 fully saturated rings. The van der Waals surface area contributed by atoms with E-state index in [1.165, 1.54) is 18.4 Å². The third-order valence-corrected chi connectivity index (χ3v) is 5.80. The Morgan fingerprint density at radius 1 is 1.23 bits per heavy atom. The highest BCUT2D eigenvalue weighted by Crippen LogP contribution is 2.36. The average molecular weight is 432 g/mol. The molecule has 1 amide bonds. The number of aliphatic carboxylic acids is 1. The van der Waals surface area contributed by atoms with E-state index in [9.17, 15) is 18.0 Å². The van der Waals surface area contributed by atoms with Crippen molar-refractivity contribution in [3.8, 4) is 0 Å². The van der Waals surface area contributed by atoms with E-state index in [2.05, 4.69) is 10.2 Å².